The molecule has 5 heteroatoms. The van der Waals surface area contributed by atoms with E-state index in [9.17, 15) is 5.11 Å². The molecule has 0 saturated carbocycles. The van der Waals surface area contributed by atoms with Gasteiger partial charge >= 0.3 is 0 Å². The van der Waals surface area contributed by atoms with Crippen LogP contribution in [0.15, 0.2) is 23.4 Å². The van der Waals surface area contributed by atoms with Gasteiger partial charge in [0.2, 0.25) is 0 Å². The van der Waals surface area contributed by atoms with E-state index < -0.39 is 5.60 Å². The van der Waals surface area contributed by atoms with Gasteiger partial charge in [-0.3, -0.25) is 0 Å². The molecule has 0 saturated heterocycles. The molecule has 1 unspecified atom stereocenters. The van der Waals surface area contributed by atoms with Crippen LogP contribution in [0.2, 0.25) is 0 Å². The average molecular weight is 267 g/mol. The van der Waals surface area contributed by atoms with Crippen LogP contribution in [0, 0.1) is 0 Å². The molecule has 0 bridgehead atoms. The second-order valence-corrected chi connectivity index (χ2v) is 4.69. The fourth-order valence-corrected chi connectivity index (χ4v) is 1.40. The number of aliphatic hydroxyl groups is 1. The topological polar surface area (TPSA) is 71.3 Å². The summed E-state index contributed by atoms with van der Waals surface area (Å²) in [5, 5.41) is 21.8. The lowest BCUT2D eigenvalue weighted by atomic mass is 10.1. The molecule has 0 heterocycles. The first-order valence-electron chi connectivity index (χ1n) is 6.15. The maximum atomic E-state index is 9.91. The Balaban J connectivity index is 2.91. The first kappa shape index (κ1) is 15.3. The van der Waals surface area contributed by atoms with E-state index in [2.05, 4.69) is 5.16 Å². The largest absolute Gasteiger partial charge is 0.493 e. The Bertz CT molecular complexity index is 455. The molecule has 5 nitrogen and oxygen atoms in total. The SMILES string of the molecule is CCC(C)(O)COc1ccc(/C(C)=N/O)cc1OC. The molecule has 1 aromatic carbocycles. The first-order chi connectivity index (χ1) is 8.93. The van der Waals surface area contributed by atoms with E-state index in [0.717, 1.165) is 5.56 Å². The van der Waals surface area contributed by atoms with Crippen molar-refractivity contribution in [1.82, 2.24) is 0 Å². The summed E-state index contributed by atoms with van der Waals surface area (Å²) >= 11 is 0. The van der Waals surface area contributed by atoms with Crippen LogP contribution in [0.3, 0.4) is 0 Å². The third kappa shape index (κ3) is 4.13. The van der Waals surface area contributed by atoms with E-state index in [1.807, 2.05) is 6.92 Å². The predicted molar refractivity (Wildman–Crippen MR) is 73.4 cm³/mol. The third-order valence-electron chi connectivity index (χ3n) is 3.03. The number of oxime groups is 1. The zero-order valence-corrected chi connectivity index (χ0v) is 11.8. The molecular weight excluding hydrogens is 246 g/mol. The fourth-order valence-electron chi connectivity index (χ4n) is 1.40. The van der Waals surface area contributed by atoms with Gasteiger partial charge in [-0.15, -0.1) is 0 Å². The van der Waals surface area contributed by atoms with Gasteiger partial charge in [0.25, 0.3) is 0 Å². The van der Waals surface area contributed by atoms with Gasteiger partial charge in [-0.2, -0.15) is 0 Å². The van der Waals surface area contributed by atoms with Crippen LogP contribution in [-0.4, -0.2) is 35.3 Å². The van der Waals surface area contributed by atoms with Crippen molar-refractivity contribution in [2.45, 2.75) is 32.8 Å². The van der Waals surface area contributed by atoms with E-state index in [0.29, 0.717) is 23.6 Å². The summed E-state index contributed by atoms with van der Waals surface area (Å²) in [4.78, 5) is 0. The molecule has 0 aliphatic heterocycles. The number of benzene rings is 1. The summed E-state index contributed by atoms with van der Waals surface area (Å²) in [5.74, 6) is 1.08. The number of rotatable bonds is 6. The van der Waals surface area contributed by atoms with Crippen LogP contribution in [0.1, 0.15) is 32.8 Å². The first-order valence-corrected chi connectivity index (χ1v) is 6.15. The summed E-state index contributed by atoms with van der Waals surface area (Å²) in [6, 6.07) is 5.23. The van der Waals surface area contributed by atoms with Crippen molar-refractivity contribution in [3.8, 4) is 11.5 Å². The van der Waals surface area contributed by atoms with E-state index in [1.165, 1.54) is 7.11 Å². The quantitative estimate of drug-likeness (QED) is 0.472. The molecule has 1 atom stereocenters. The van der Waals surface area contributed by atoms with Crippen molar-refractivity contribution in [3.63, 3.8) is 0 Å². The normalized spacial score (nSPS) is 14.9. The van der Waals surface area contributed by atoms with Crippen molar-refractivity contribution < 1.29 is 19.8 Å². The lowest BCUT2D eigenvalue weighted by molar-refractivity contribution is 0.00775. The maximum Gasteiger partial charge on any atom is 0.161 e. The zero-order chi connectivity index (χ0) is 14.5. The Morgan fingerprint density at radius 3 is 2.58 bits per heavy atom. The highest BCUT2D eigenvalue weighted by molar-refractivity contribution is 5.98. The van der Waals surface area contributed by atoms with Crippen LogP contribution >= 0.6 is 0 Å². The van der Waals surface area contributed by atoms with E-state index >= 15 is 0 Å². The minimum absolute atomic E-state index is 0.187. The monoisotopic (exact) mass is 267 g/mol. The van der Waals surface area contributed by atoms with Crippen molar-refractivity contribution >= 4 is 5.71 Å². The standard InChI is InChI=1S/C14H21NO4/c1-5-14(3,16)9-19-12-7-6-11(10(2)15-17)8-13(12)18-4/h6-8,16-17H,5,9H2,1-4H3/b15-10+. The fraction of sp³-hybridized carbons (Fsp3) is 0.500. The Morgan fingerprint density at radius 2 is 2.05 bits per heavy atom. The van der Waals surface area contributed by atoms with Gasteiger partial charge in [-0.05, 0) is 38.5 Å². The van der Waals surface area contributed by atoms with Crippen molar-refractivity contribution in [2.75, 3.05) is 13.7 Å². The Hall–Kier alpha value is -1.75. The Labute approximate surface area is 113 Å². The van der Waals surface area contributed by atoms with Gasteiger partial charge in [0.15, 0.2) is 11.5 Å². The summed E-state index contributed by atoms with van der Waals surface area (Å²) in [6.45, 7) is 5.49. The number of hydrogen-bond acceptors (Lipinski definition) is 5. The highest BCUT2D eigenvalue weighted by Gasteiger charge is 2.19. The van der Waals surface area contributed by atoms with Crippen LogP contribution in [0.5, 0.6) is 11.5 Å². The molecule has 2 N–H and O–H groups in total. The van der Waals surface area contributed by atoms with Gasteiger partial charge in [0.05, 0.1) is 18.4 Å². The second-order valence-electron chi connectivity index (χ2n) is 4.69. The van der Waals surface area contributed by atoms with Gasteiger partial charge in [0, 0.05) is 5.56 Å². The predicted octanol–water partition coefficient (Wildman–Crippen LogP) is 2.43. The molecule has 0 fully saturated rings. The summed E-state index contributed by atoms with van der Waals surface area (Å²) < 4.78 is 10.8. The minimum Gasteiger partial charge on any atom is -0.493 e. The zero-order valence-electron chi connectivity index (χ0n) is 11.8. The number of methoxy groups -OCH3 is 1. The van der Waals surface area contributed by atoms with Crippen molar-refractivity contribution in [2.24, 2.45) is 5.16 Å². The van der Waals surface area contributed by atoms with Gasteiger partial charge in [-0.25, -0.2) is 0 Å². The summed E-state index contributed by atoms with van der Waals surface area (Å²) in [6.07, 6.45) is 0.601. The molecule has 0 spiro atoms. The van der Waals surface area contributed by atoms with Crippen molar-refractivity contribution in [1.29, 1.82) is 0 Å². The molecule has 0 aromatic heterocycles. The van der Waals surface area contributed by atoms with Crippen LogP contribution in [0.4, 0.5) is 0 Å². The lowest BCUT2D eigenvalue weighted by Gasteiger charge is -2.22. The molecule has 0 aliphatic carbocycles. The molecule has 0 radical (unpaired) electrons. The van der Waals surface area contributed by atoms with E-state index in [4.69, 9.17) is 14.7 Å². The van der Waals surface area contributed by atoms with Crippen molar-refractivity contribution in [3.05, 3.63) is 23.8 Å². The number of ether oxygens (including phenoxy) is 2. The van der Waals surface area contributed by atoms with Gasteiger partial charge in [-0.1, -0.05) is 12.1 Å². The van der Waals surface area contributed by atoms with E-state index in [1.54, 1.807) is 32.0 Å². The van der Waals surface area contributed by atoms with Gasteiger partial charge in [0.1, 0.15) is 6.61 Å². The lowest BCUT2D eigenvalue weighted by Crippen LogP contribution is -2.31. The van der Waals surface area contributed by atoms with Gasteiger partial charge < -0.3 is 19.8 Å². The summed E-state index contributed by atoms with van der Waals surface area (Å²) in [5.41, 5.74) is 0.367. The highest BCUT2D eigenvalue weighted by Crippen LogP contribution is 2.29. The second kappa shape index (κ2) is 6.43. The van der Waals surface area contributed by atoms with E-state index in [-0.39, 0.29) is 6.61 Å². The molecule has 19 heavy (non-hydrogen) atoms. The number of hydrogen-bond donors (Lipinski definition) is 2. The average Bonchev–Trinajstić information content (AvgIpc) is 2.44. The molecular formula is C14H21NO4. The maximum absolute atomic E-state index is 9.91. The molecule has 0 amide bonds. The highest BCUT2D eigenvalue weighted by atomic mass is 16.5. The minimum atomic E-state index is -0.869. The number of nitrogens with zero attached hydrogens (tertiary/aromatic N) is 1. The summed E-state index contributed by atoms with van der Waals surface area (Å²) in [7, 11) is 1.54. The molecule has 0 aliphatic rings. The third-order valence-corrected chi connectivity index (χ3v) is 3.03. The smallest absolute Gasteiger partial charge is 0.161 e. The molecule has 1 aromatic rings. The van der Waals surface area contributed by atoms with Crippen LogP contribution in [0.25, 0.3) is 0 Å². The van der Waals surface area contributed by atoms with Crippen LogP contribution < -0.4 is 9.47 Å². The molecule has 106 valence electrons. The molecule has 1 rings (SSSR count). The Morgan fingerprint density at radius 1 is 1.37 bits per heavy atom. The Kier molecular flexibility index (Phi) is 5.18. The van der Waals surface area contributed by atoms with Crippen LogP contribution in [-0.2, 0) is 0 Å².